The largest absolute Gasteiger partial charge is 0.535 e. The summed E-state index contributed by atoms with van der Waals surface area (Å²) in [6.07, 6.45) is 2.28. The molecule has 0 spiro atoms. The minimum atomic E-state index is -1.22. The van der Waals surface area contributed by atoms with Gasteiger partial charge in [0.05, 0.1) is 5.56 Å². The second kappa shape index (κ2) is 6.35. The molecule has 26 heavy (non-hydrogen) atoms. The Kier molecular flexibility index (Phi) is 4.01. The van der Waals surface area contributed by atoms with Gasteiger partial charge in [-0.3, -0.25) is 4.79 Å². The summed E-state index contributed by atoms with van der Waals surface area (Å²) in [7, 11) is -1.22. The van der Waals surface area contributed by atoms with E-state index in [-0.39, 0.29) is 23.5 Å². The van der Waals surface area contributed by atoms with Gasteiger partial charge in [-0.15, -0.1) is 0 Å². The Morgan fingerprint density at radius 1 is 1.15 bits per heavy atom. The third kappa shape index (κ3) is 2.76. The highest BCUT2D eigenvalue weighted by atomic mass is 16.5. The average Bonchev–Trinajstić information content (AvgIpc) is 3.10. The third-order valence-corrected chi connectivity index (χ3v) is 4.79. The Bertz CT molecular complexity index is 1010. The number of nitrogens with one attached hydrogen (secondary N) is 1. The number of para-hydroxylation sites is 1. The highest BCUT2D eigenvalue weighted by Gasteiger charge is 2.38. The predicted octanol–water partition coefficient (Wildman–Crippen LogP) is 2.92. The molecule has 0 aliphatic carbocycles. The monoisotopic (exact) mass is 349 g/mol. The van der Waals surface area contributed by atoms with Crippen molar-refractivity contribution in [3.8, 4) is 5.75 Å². The molecule has 0 bridgehead atoms. The lowest BCUT2D eigenvalue weighted by atomic mass is 9.64. The molecule has 2 aromatic carbocycles. The number of rotatable bonds is 4. The van der Waals surface area contributed by atoms with Crippen molar-refractivity contribution in [1.82, 2.24) is 4.98 Å². The van der Waals surface area contributed by atoms with E-state index in [2.05, 4.69) is 4.98 Å². The topological polar surface area (TPSA) is 99.6 Å². The normalized spacial score (nSPS) is 16.2. The molecule has 3 aromatic rings. The van der Waals surface area contributed by atoms with E-state index in [1.165, 1.54) is 6.07 Å². The first kappa shape index (κ1) is 16.4. The van der Waals surface area contributed by atoms with Crippen molar-refractivity contribution in [2.75, 3.05) is 0 Å². The molecule has 3 N–H and O–H groups in total. The summed E-state index contributed by atoms with van der Waals surface area (Å²) in [4.78, 5) is 27.2. The number of carboxylic acid groups (broad SMARTS) is 1. The van der Waals surface area contributed by atoms with E-state index in [1.807, 2.05) is 18.2 Å². The Balaban J connectivity index is 1.60. The quantitative estimate of drug-likeness (QED) is 0.497. The molecular formula is C19H16BNO5. The summed E-state index contributed by atoms with van der Waals surface area (Å²) >= 11 is 0. The summed E-state index contributed by atoms with van der Waals surface area (Å²) in [5, 5.41) is 20.4. The van der Waals surface area contributed by atoms with Gasteiger partial charge in [0.2, 0.25) is 0 Å². The molecule has 4 rings (SSSR count). The number of carbonyl (C=O) groups is 2. The van der Waals surface area contributed by atoms with E-state index >= 15 is 0 Å². The van der Waals surface area contributed by atoms with E-state index in [1.54, 1.807) is 24.4 Å². The smallest absolute Gasteiger partial charge is 0.526 e. The maximum Gasteiger partial charge on any atom is 0.526 e. The van der Waals surface area contributed by atoms with Crippen molar-refractivity contribution in [3.63, 3.8) is 0 Å². The molecule has 6 nitrogen and oxygen atoms in total. The summed E-state index contributed by atoms with van der Waals surface area (Å²) in [5.41, 5.74) is 2.19. The second-order valence-corrected chi connectivity index (χ2v) is 6.44. The van der Waals surface area contributed by atoms with Crippen molar-refractivity contribution in [2.45, 2.75) is 18.7 Å². The Labute approximate surface area is 149 Å². The van der Waals surface area contributed by atoms with E-state index in [0.717, 1.165) is 10.9 Å². The lowest BCUT2D eigenvalue weighted by molar-refractivity contribution is 0.0693. The van der Waals surface area contributed by atoms with Crippen LogP contribution in [-0.2, 0) is 6.42 Å². The van der Waals surface area contributed by atoms with Crippen LogP contribution in [0.4, 0.5) is 0 Å². The van der Waals surface area contributed by atoms with Gasteiger partial charge in [-0.25, -0.2) is 4.79 Å². The Morgan fingerprint density at radius 2 is 1.92 bits per heavy atom. The van der Waals surface area contributed by atoms with Crippen LogP contribution in [0.5, 0.6) is 5.75 Å². The van der Waals surface area contributed by atoms with Crippen molar-refractivity contribution >= 4 is 29.8 Å². The number of carboxylic acids is 1. The van der Waals surface area contributed by atoms with Crippen LogP contribution in [0.25, 0.3) is 10.9 Å². The lowest BCUT2D eigenvalue weighted by Gasteiger charge is -2.28. The highest BCUT2D eigenvalue weighted by molar-refractivity contribution is 6.47. The Morgan fingerprint density at radius 3 is 2.73 bits per heavy atom. The van der Waals surface area contributed by atoms with Gasteiger partial charge in [-0.2, -0.15) is 0 Å². The molecule has 1 aliphatic heterocycles. The first-order chi connectivity index (χ1) is 12.5. The summed E-state index contributed by atoms with van der Waals surface area (Å²) in [6, 6.07) is 12.2. The van der Waals surface area contributed by atoms with Crippen molar-refractivity contribution in [3.05, 3.63) is 65.4 Å². The zero-order chi connectivity index (χ0) is 18.3. The minimum absolute atomic E-state index is 0.0171. The van der Waals surface area contributed by atoms with Gasteiger partial charge in [0.15, 0.2) is 5.78 Å². The maximum atomic E-state index is 12.8. The zero-order valence-electron chi connectivity index (χ0n) is 13.8. The lowest BCUT2D eigenvalue weighted by Crippen LogP contribution is -2.35. The summed E-state index contributed by atoms with van der Waals surface area (Å²) in [6.45, 7) is 0. The molecule has 0 fully saturated rings. The molecule has 0 saturated carbocycles. The maximum absolute atomic E-state index is 12.8. The van der Waals surface area contributed by atoms with Crippen molar-refractivity contribution in [2.24, 2.45) is 0 Å². The van der Waals surface area contributed by atoms with Crippen LogP contribution in [0.15, 0.2) is 48.7 Å². The molecule has 2 heterocycles. The number of aromatic carboxylic acids is 1. The number of hydrogen-bond acceptors (Lipinski definition) is 4. The van der Waals surface area contributed by atoms with E-state index < -0.39 is 18.9 Å². The van der Waals surface area contributed by atoms with Crippen LogP contribution in [-0.4, -0.2) is 34.0 Å². The molecule has 0 radical (unpaired) electrons. The van der Waals surface area contributed by atoms with Gasteiger partial charge in [0.25, 0.3) is 0 Å². The van der Waals surface area contributed by atoms with Crippen molar-refractivity contribution in [1.29, 1.82) is 0 Å². The van der Waals surface area contributed by atoms with Gasteiger partial charge < -0.3 is 19.8 Å². The molecule has 0 amide bonds. The number of fused-ring (bicyclic) bond motifs is 2. The molecule has 130 valence electrons. The van der Waals surface area contributed by atoms with Crippen LogP contribution in [0.2, 0.25) is 5.82 Å². The molecule has 7 heteroatoms. The van der Waals surface area contributed by atoms with Gasteiger partial charge in [-0.1, -0.05) is 24.3 Å². The van der Waals surface area contributed by atoms with Gasteiger partial charge in [-0.05, 0) is 30.2 Å². The van der Waals surface area contributed by atoms with Crippen LogP contribution in [0.3, 0.4) is 0 Å². The molecule has 1 aromatic heterocycles. The number of H-pyrrole nitrogens is 1. The SMILES string of the molecule is O=C(O)c1cccc2c1OB(O)[C@@H](CC(=O)c1cccc3[nH]ccc13)C2. The van der Waals surface area contributed by atoms with Crippen LogP contribution in [0.1, 0.15) is 32.7 Å². The average molecular weight is 349 g/mol. The van der Waals surface area contributed by atoms with Gasteiger partial charge >= 0.3 is 13.1 Å². The first-order valence-corrected chi connectivity index (χ1v) is 8.34. The summed E-state index contributed by atoms with van der Waals surface area (Å²) < 4.78 is 5.46. The fourth-order valence-electron chi connectivity index (χ4n) is 3.50. The molecule has 0 saturated heterocycles. The van der Waals surface area contributed by atoms with Crippen LogP contribution >= 0.6 is 0 Å². The van der Waals surface area contributed by atoms with Gasteiger partial charge in [0.1, 0.15) is 5.75 Å². The van der Waals surface area contributed by atoms with Crippen LogP contribution in [0, 0.1) is 0 Å². The second-order valence-electron chi connectivity index (χ2n) is 6.44. The molecule has 0 unspecified atom stereocenters. The van der Waals surface area contributed by atoms with Crippen LogP contribution < -0.4 is 4.65 Å². The first-order valence-electron chi connectivity index (χ1n) is 8.34. The number of carbonyl (C=O) groups excluding carboxylic acids is 1. The van der Waals surface area contributed by atoms with E-state index in [4.69, 9.17) is 4.65 Å². The fraction of sp³-hybridized carbons (Fsp3) is 0.158. The number of aromatic amines is 1. The van der Waals surface area contributed by atoms with Crippen molar-refractivity contribution < 1.29 is 24.4 Å². The molecule has 1 aliphatic rings. The van der Waals surface area contributed by atoms with Gasteiger partial charge in [0, 0.05) is 34.9 Å². The number of hydrogen-bond donors (Lipinski definition) is 3. The number of ketones is 1. The zero-order valence-corrected chi connectivity index (χ0v) is 13.8. The number of benzene rings is 2. The third-order valence-electron chi connectivity index (χ3n) is 4.79. The molecule has 1 atom stereocenters. The minimum Gasteiger partial charge on any atom is -0.535 e. The summed E-state index contributed by atoms with van der Waals surface area (Å²) in [5.74, 6) is -1.44. The molecular weight excluding hydrogens is 333 g/mol. The standard InChI is InChI=1S/C19H16BNO5/c22-17(14-4-2-6-16-13(14)7-8-21-16)10-12-9-11-3-1-5-15(19(23)24)18(11)26-20(12)25/h1-8,12,21,25H,9-10H2,(H,23,24)/t12-/m1/s1. The highest BCUT2D eigenvalue weighted by Crippen LogP contribution is 2.37. The predicted molar refractivity (Wildman–Crippen MR) is 96.7 cm³/mol. The Hall–Kier alpha value is -3.06. The van der Waals surface area contributed by atoms with E-state index in [9.17, 15) is 19.7 Å². The number of Topliss-reactive ketones (excluding diaryl/α,β-unsaturated/α-hetero) is 1. The number of aromatic nitrogens is 1. The van der Waals surface area contributed by atoms with E-state index in [0.29, 0.717) is 17.5 Å². The fourth-order valence-corrected chi connectivity index (χ4v) is 3.50.